The highest BCUT2D eigenvalue weighted by atomic mass is 35.5. The molecule has 0 aromatic heterocycles. The van der Waals surface area contributed by atoms with E-state index >= 15 is 0 Å². The first-order valence-corrected chi connectivity index (χ1v) is 17.8. The van der Waals surface area contributed by atoms with Gasteiger partial charge in [-0.15, -0.1) is 0 Å². The zero-order chi connectivity index (χ0) is 31.2. The normalized spacial score (nSPS) is 27.0. The highest BCUT2D eigenvalue weighted by molar-refractivity contribution is 7.89. The Morgan fingerprint density at radius 1 is 1.20 bits per heavy atom. The maximum atomic E-state index is 12.0. The number of hydrogen-bond donors (Lipinski definition) is 3. The molecule has 2 aromatic carbocycles. The first-order valence-electron chi connectivity index (χ1n) is 15.9. The molecule has 1 heterocycles. The number of sulfonamides is 1. The average Bonchev–Trinajstić information content (AvgIpc) is 3.81. The molecular formula is C34H43ClN2O6S. The lowest BCUT2D eigenvalue weighted by molar-refractivity contribution is 0.0455. The van der Waals surface area contributed by atoms with Crippen LogP contribution in [0.4, 0.5) is 5.69 Å². The van der Waals surface area contributed by atoms with E-state index in [-0.39, 0.29) is 28.7 Å². The molecular weight excluding hydrogens is 600 g/mol. The molecule has 6 rings (SSSR count). The summed E-state index contributed by atoms with van der Waals surface area (Å²) in [5.74, 6) is 0.307. The highest BCUT2D eigenvalue weighted by Crippen LogP contribution is 2.47. The van der Waals surface area contributed by atoms with E-state index in [2.05, 4.69) is 17.0 Å². The van der Waals surface area contributed by atoms with Gasteiger partial charge in [0.1, 0.15) is 5.75 Å². The second-order valence-corrected chi connectivity index (χ2v) is 15.9. The largest absolute Gasteiger partial charge is 0.490 e. The molecule has 2 fully saturated rings. The van der Waals surface area contributed by atoms with Gasteiger partial charge in [-0.2, -0.15) is 0 Å². The Kier molecular flexibility index (Phi) is 8.78. The van der Waals surface area contributed by atoms with Crippen molar-refractivity contribution in [2.75, 3.05) is 24.6 Å². The molecule has 4 aliphatic rings. The van der Waals surface area contributed by atoms with Crippen molar-refractivity contribution in [2.45, 2.75) is 75.1 Å². The summed E-state index contributed by atoms with van der Waals surface area (Å²) in [7, 11) is -3.62. The first kappa shape index (κ1) is 31.4. The number of benzene rings is 2. The van der Waals surface area contributed by atoms with E-state index < -0.39 is 27.3 Å². The van der Waals surface area contributed by atoms with Crippen LogP contribution in [0.15, 0.2) is 48.6 Å². The topological polar surface area (TPSA) is 130 Å². The number of rotatable bonds is 10. The van der Waals surface area contributed by atoms with E-state index in [9.17, 15) is 23.4 Å². The summed E-state index contributed by atoms with van der Waals surface area (Å²) in [4.78, 5) is 14.2. The number of carboxylic acid groups (broad SMARTS) is 1. The summed E-state index contributed by atoms with van der Waals surface area (Å²) in [5, 5.41) is 26.6. The van der Waals surface area contributed by atoms with Crippen LogP contribution >= 0.6 is 11.6 Å². The molecule has 8 nitrogen and oxygen atoms in total. The fraction of sp³-hybridized carbons (Fsp3) is 0.559. The minimum Gasteiger partial charge on any atom is -0.490 e. The highest BCUT2D eigenvalue weighted by Gasteiger charge is 2.44. The molecule has 2 unspecified atom stereocenters. The quantitative estimate of drug-likeness (QED) is 0.290. The van der Waals surface area contributed by atoms with Gasteiger partial charge in [0.05, 0.1) is 29.2 Å². The Balaban J connectivity index is 1.22. The number of nitrogens with two attached hydrogens (primary N) is 1. The number of fused-ring (bicyclic) bond motifs is 3. The fourth-order valence-corrected chi connectivity index (χ4v) is 8.87. The standard InChI is InChI=1S/C34H43ClN2O6S/c1-21(44(36,41)42)27(22-7-8-22)5-2-6-31(38)28-12-9-25(28)18-37-19-34(15-3-4-23-16-26(35)11-13-29(23)34)20-43-32-14-10-24(33(39)40)17-30(32)37/h2,6,10-11,13-14,16-17,21-22,25,27-28,31,38H,3-5,7-9,12,15,18-20H2,1H3,(H,39,40)(H2,36,41,42)/b6-2+/t21-,25?,27?,28+,31-,34-/m0/s1. The fourth-order valence-electron chi connectivity index (χ4n) is 7.85. The molecule has 4 N–H and O–H groups in total. The molecule has 0 bridgehead atoms. The van der Waals surface area contributed by atoms with Crippen molar-refractivity contribution in [3.8, 4) is 5.75 Å². The molecule has 2 saturated carbocycles. The van der Waals surface area contributed by atoms with Gasteiger partial charge in [0.25, 0.3) is 0 Å². The predicted molar refractivity (Wildman–Crippen MR) is 172 cm³/mol. The van der Waals surface area contributed by atoms with E-state index in [1.165, 1.54) is 11.1 Å². The Bertz CT molecular complexity index is 1540. The maximum Gasteiger partial charge on any atom is 0.335 e. The molecule has 1 aliphatic heterocycles. The van der Waals surface area contributed by atoms with E-state index in [0.717, 1.165) is 55.7 Å². The van der Waals surface area contributed by atoms with E-state index in [1.54, 1.807) is 25.1 Å². The lowest BCUT2D eigenvalue weighted by atomic mass is 9.68. The smallest absolute Gasteiger partial charge is 0.335 e. The van der Waals surface area contributed by atoms with Crippen molar-refractivity contribution < 1.29 is 28.2 Å². The summed E-state index contributed by atoms with van der Waals surface area (Å²) in [5.41, 5.74) is 3.22. The SMILES string of the molecule is C[C@@H](C(C/C=C/[C@H](O)[C@@H]1CCC1CN1C[C@@]2(CCCc3cc(Cl)ccc32)COc2ccc(C(=O)O)cc21)C1CC1)S(N)(=O)=O. The number of hydrogen-bond acceptors (Lipinski definition) is 6. The Labute approximate surface area is 265 Å². The zero-order valence-corrected chi connectivity index (χ0v) is 26.8. The Morgan fingerprint density at radius 2 is 2.00 bits per heavy atom. The van der Waals surface area contributed by atoms with Gasteiger partial charge in [-0.3, -0.25) is 0 Å². The van der Waals surface area contributed by atoms with E-state index in [0.29, 0.717) is 37.8 Å². The van der Waals surface area contributed by atoms with Crippen LogP contribution in [-0.4, -0.2) is 55.7 Å². The van der Waals surface area contributed by atoms with E-state index in [1.807, 2.05) is 18.2 Å². The number of carboxylic acids is 1. The lowest BCUT2D eigenvalue weighted by Crippen LogP contribution is -2.49. The van der Waals surface area contributed by atoms with Crippen LogP contribution in [0.25, 0.3) is 0 Å². The third kappa shape index (κ3) is 6.39. The van der Waals surface area contributed by atoms with Gasteiger partial charge in [-0.1, -0.05) is 29.8 Å². The van der Waals surface area contributed by atoms with Crippen LogP contribution in [0.2, 0.25) is 5.02 Å². The Hall–Kier alpha value is -2.59. The van der Waals surface area contributed by atoms with Crippen molar-refractivity contribution in [3.05, 3.63) is 70.3 Å². The number of aromatic carboxylic acids is 1. The number of allylic oxidation sites excluding steroid dienone is 1. The van der Waals surface area contributed by atoms with Gasteiger partial charge < -0.3 is 19.8 Å². The molecule has 6 atom stereocenters. The number of anilines is 1. The number of carbonyl (C=O) groups is 1. The van der Waals surface area contributed by atoms with Crippen LogP contribution in [-0.2, 0) is 21.9 Å². The maximum absolute atomic E-state index is 12.0. The number of aryl methyl sites for hydroxylation is 1. The monoisotopic (exact) mass is 642 g/mol. The summed E-state index contributed by atoms with van der Waals surface area (Å²) in [6, 6.07) is 11.2. The van der Waals surface area contributed by atoms with Gasteiger partial charge in [-0.25, -0.2) is 18.4 Å². The summed E-state index contributed by atoms with van der Waals surface area (Å²) in [6.45, 7) is 3.54. The van der Waals surface area contributed by atoms with Crippen molar-refractivity contribution in [1.82, 2.24) is 0 Å². The minimum atomic E-state index is -3.62. The van der Waals surface area contributed by atoms with Crippen LogP contribution < -0.4 is 14.8 Å². The van der Waals surface area contributed by atoms with E-state index in [4.69, 9.17) is 21.5 Å². The summed E-state index contributed by atoms with van der Waals surface area (Å²) < 4.78 is 30.5. The number of ether oxygens (including phenoxy) is 1. The van der Waals surface area contributed by atoms with Crippen molar-refractivity contribution in [1.29, 1.82) is 0 Å². The molecule has 0 radical (unpaired) electrons. The molecule has 2 aromatic rings. The van der Waals surface area contributed by atoms with Gasteiger partial charge >= 0.3 is 5.97 Å². The first-order chi connectivity index (χ1) is 20.9. The van der Waals surface area contributed by atoms with Gasteiger partial charge in [0.15, 0.2) is 0 Å². The number of aliphatic hydroxyl groups is 1. The lowest BCUT2D eigenvalue weighted by Gasteiger charge is -2.45. The summed E-state index contributed by atoms with van der Waals surface area (Å²) >= 11 is 6.37. The van der Waals surface area contributed by atoms with Crippen LogP contribution in [0, 0.1) is 23.7 Å². The predicted octanol–water partition coefficient (Wildman–Crippen LogP) is 5.55. The van der Waals surface area contributed by atoms with Gasteiger partial charge in [0, 0.05) is 23.5 Å². The van der Waals surface area contributed by atoms with Crippen LogP contribution in [0.5, 0.6) is 5.75 Å². The molecule has 1 spiro atoms. The number of aliphatic hydroxyl groups excluding tert-OH is 1. The molecule has 0 amide bonds. The molecule has 238 valence electrons. The second kappa shape index (κ2) is 12.3. The minimum absolute atomic E-state index is 0.0351. The third-order valence-corrected chi connectivity index (χ3v) is 12.4. The molecule has 10 heteroatoms. The second-order valence-electron chi connectivity index (χ2n) is 13.5. The van der Waals surface area contributed by atoms with Crippen LogP contribution in [0.1, 0.15) is 73.4 Å². The molecule has 3 aliphatic carbocycles. The number of halogens is 1. The molecule has 0 saturated heterocycles. The number of primary sulfonamides is 1. The van der Waals surface area contributed by atoms with Crippen molar-refractivity contribution in [3.63, 3.8) is 0 Å². The van der Waals surface area contributed by atoms with Crippen molar-refractivity contribution >= 4 is 33.3 Å². The van der Waals surface area contributed by atoms with Gasteiger partial charge in [-0.05, 0) is 123 Å². The average molecular weight is 643 g/mol. The van der Waals surface area contributed by atoms with Crippen molar-refractivity contribution in [2.24, 2.45) is 28.8 Å². The zero-order valence-electron chi connectivity index (χ0n) is 25.2. The number of nitrogens with zero attached hydrogens (tertiary/aromatic N) is 1. The molecule has 44 heavy (non-hydrogen) atoms. The van der Waals surface area contributed by atoms with Crippen LogP contribution in [0.3, 0.4) is 0 Å². The Morgan fingerprint density at radius 3 is 2.68 bits per heavy atom. The van der Waals surface area contributed by atoms with Gasteiger partial charge in [0.2, 0.25) is 10.0 Å². The third-order valence-electron chi connectivity index (χ3n) is 10.7. The summed E-state index contributed by atoms with van der Waals surface area (Å²) in [6.07, 6.45) is 10.6.